The Hall–Kier alpha value is -2.45. The van der Waals surface area contributed by atoms with Gasteiger partial charge >= 0.3 is 0 Å². The maximum atomic E-state index is 10.5. The van der Waals surface area contributed by atoms with Gasteiger partial charge in [-0.25, -0.2) is 9.97 Å². The van der Waals surface area contributed by atoms with Gasteiger partial charge in [-0.2, -0.15) is 9.61 Å². The molecule has 0 spiro atoms. The Balaban J connectivity index is 1.48. The Morgan fingerprint density at radius 1 is 1.36 bits per heavy atom. The van der Waals surface area contributed by atoms with Crippen LogP contribution in [0.25, 0.3) is 17.2 Å². The van der Waals surface area contributed by atoms with Gasteiger partial charge in [-0.15, -0.1) is 0 Å². The number of aromatic nitrogens is 5. The van der Waals surface area contributed by atoms with E-state index in [-0.39, 0.29) is 0 Å². The second kappa shape index (κ2) is 7.89. The first-order valence-corrected chi connectivity index (χ1v) is 9.99. The van der Waals surface area contributed by atoms with Gasteiger partial charge in [0.2, 0.25) is 0 Å². The van der Waals surface area contributed by atoms with E-state index in [0.29, 0.717) is 19.0 Å². The van der Waals surface area contributed by atoms with Crippen LogP contribution < -0.4 is 5.32 Å². The molecule has 0 saturated carbocycles. The van der Waals surface area contributed by atoms with Gasteiger partial charge in [0.1, 0.15) is 11.5 Å². The van der Waals surface area contributed by atoms with E-state index in [1.807, 2.05) is 36.9 Å². The van der Waals surface area contributed by atoms with E-state index >= 15 is 0 Å². The third-order valence-electron chi connectivity index (χ3n) is 5.33. The van der Waals surface area contributed by atoms with Crippen molar-refractivity contribution in [2.45, 2.75) is 32.8 Å². The molecule has 4 heterocycles. The fraction of sp³-hybridized carbons (Fsp3) is 0.550. The van der Waals surface area contributed by atoms with Crippen LogP contribution in [0.2, 0.25) is 0 Å². The number of rotatable bonds is 6. The molecule has 28 heavy (non-hydrogen) atoms. The summed E-state index contributed by atoms with van der Waals surface area (Å²) in [6.45, 7) is 7.56. The normalized spacial score (nSPS) is 19.2. The molecule has 2 atom stereocenters. The van der Waals surface area contributed by atoms with Gasteiger partial charge in [0.25, 0.3) is 0 Å². The van der Waals surface area contributed by atoms with E-state index in [0.717, 1.165) is 41.8 Å². The topological polar surface area (TPSA) is 83.5 Å². The van der Waals surface area contributed by atoms with Crippen LogP contribution in [-0.4, -0.2) is 66.4 Å². The standard InChI is InChI=1S/C20H29N7O/c1-14-5-4-7-26(12-14)13-16(28)11-22-18-9-15(2)23-19-10-17(24-27(18)19)20-21-6-8-25(20)3/h6,8-10,14,16,22,28H,4-5,7,11-13H2,1-3H3/t14-,16-/m1/s1. The summed E-state index contributed by atoms with van der Waals surface area (Å²) in [5.74, 6) is 2.34. The first-order valence-electron chi connectivity index (χ1n) is 9.99. The van der Waals surface area contributed by atoms with Crippen molar-refractivity contribution >= 4 is 11.5 Å². The minimum Gasteiger partial charge on any atom is -0.390 e. The van der Waals surface area contributed by atoms with Crippen molar-refractivity contribution in [1.29, 1.82) is 0 Å². The maximum absolute atomic E-state index is 10.5. The van der Waals surface area contributed by atoms with Crippen molar-refractivity contribution in [1.82, 2.24) is 29.0 Å². The molecule has 1 aliphatic rings. The third-order valence-corrected chi connectivity index (χ3v) is 5.33. The van der Waals surface area contributed by atoms with Gasteiger partial charge in [0.15, 0.2) is 11.5 Å². The number of hydrogen-bond acceptors (Lipinski definition) is 6. The smallest absolute Gasteiger partial charge is 0.160 e. The van der Waals surface area contributed by atoms with Gasteiger partial charge in [-0.05, 0) is 32.2 Å². The highest BCUT2D eigenvalue weighted by Gasteiger charge is 2.19. The monoisotopic (exact) mass is 383 g/mol. The number of likely N-dealkylation sites (tertiary alicyclic amines) is 1. The minimum absolute atomic E-state index is 0.432. The van der Waals surface area contributed by atoms with E-state index in [2.05, 4.69) is 32.2 Å². The lowest BCUT2D eigenvalue weighted by molar-refractivity contribution is 0.0947. The molecule has 0 bridgehead atoms. The first-order chi connectivity index (χ1) is 13.5. The lowest BCUT2D eigenvalue weighted by Crippen LogP contribution is -2.41. The van der Waals surface area contributed by atoms with Gasteiger partial charge in [-0.3, -0.25) is 0 Å². The average molecular weight is 384 g/mol. The minimum atomic E-state index is -0.432. The van der Waals surface area contributed by atoms with Crippen molar-refractivity contribution in [3.63, 3.8) is 0 Å². The Labute approximate surface area is 165 Å². The van der Waals surface area contributed by atoms with Crippen LogP contribution in [0.3, 0.4) is 0 Å². The molecule has 1 saturated heterocycles. The molecule has 3 aromatic heterocycles. The number of anilines is 1. The lowest BCUT2D eigenvalue weighted by atomic mass is 10.00. The zero-order valence-electron chi connectivity index (χ0n) is 16.8. The number of nitrogens with zero attached hydrogens (tertiary/aromatic N) is 6. The summed E-state index contributed by atoms with van der Waals surface area (Å²) in [7, 11) is 1.95. The molecule has 8 heteroatoms. The number of aliphatic hydroxyl groups is 1. The van der Waals surface area contributed by atoms with Crippen molar-refractivity contribution in [2.75, 3.05) is 31.5 Å². The number of imidazole rings is 1. The van der Waals surface area contributed by atoms with Crippen molar-refractivity contribution < 1.29 is 5.11 Å². The van der Waals surface area contributed by atoms with E-state index in [1.165, 1.54) is 12.8 Å². The second-order valence-corrected chi connectivity index (χ2v) is 7.99. The Kier molecular flexibility index (Phi) is 5.32. The lowest BCUT2D eigenvalue weighted by Gasteiger charge is -2.32. The summed E-state index contributed by atoms with van der Waals surface area (Å²) in [6, 6.07) is 3.89. The molecule has 150 valence electrons. The number of aryl methyl sites for hydroxylation is 2. The average Bonchev–Trinajstić information content (AvgIpc) is 3.25. The molecule has 1 fully saturated rings. The summed E-state index contributed by atoms with van der Waals surface area (Å²) in [4.78, 5) is 11.3. The molecule has 2 N–H and O–H groups in total. The quantitative estimate of drug-likeness (QED) is 0.677. The van der Waals surface area contributed by atoms with Crippen LogP contribution >= 0.6 is 0 Å². The molecule has 3 aromatic rings. The summed E-state index contributed by atoms with van der Waals surface area (Å²) in [5.41, 5.74) is 2.44. The molecule has 4 rings (SSSR count). The van der Waals surface area contributed by atoms with Crippen molar-refractivity contribution in [2.24, 2.45) is 13.0 Å². The molecule has 1 aliphatic heterocycles. The zero-order chi connectivity index (χ0) is 19.7. The summed E-state index contributed by atoms with van der Waals surface area (Å²) in [6.07, 6.45) is 5.73. The predicted molar refractivity (Wildman–Crippen MR) is 109 cm³/mol. The number of β-amino-alcohol motifs (C(OH)–C–C–N with tert-alkyl or cyclic N) is 1. The number of piperidine rings is 1. The SMILES string of the molecule is Cc1cc(NC[C@@H](O)CN2CCC[C@@H](C)C2)n2nc(-c3nccn3C)cc2n1. The number of hydrogen-bond donors (Lipinski definition) is 2. The van der Waals surface area contributed by atoms with Crippen LogP contribution in [0.15, 0.2) is 24.5 Å². The van der Waals surface area contributed by atoms with Crippen molar-refractivity contribution in [3.05, 3.63) is 30.2 Å². The van der Waals surface area contributed by atoms with Crippen LogP contribution in [0, 0.1) is 12.8 Å². The first kappa shape index (κ1) is 18.9. The Morgan fingerprint density at radius 2 is 2.21 bits per heavy atom. The Morgan fingerprint density at radius 3 is 2.96 bits per heavy atom. The largest absolute Gasteiger partial charge is 0.390 e. The van der Waals surface area contributed by atoms with Crippen LogP contribution in [0.1, 0.15) is 25.5 Å². The highest BCUT2D eigenvalue weighted by molar-refractivity contribution is 5.61. The second-order valence-electron chi connectivity index (χ2n) is 7.99. The van der Waals surface area contributed by atoms with E-state index in [4.69, 9.17) is 0 Å². The van der Waals surface area contributed by atoms with Crippen LogP contribution in [0.4, 0.5) is 5.82 Å². The van der Waals surface area contributed by atoms with Gasteiger partial charge in [0.05, 0.1) is 6.10 Å². The fourth-order valence-electron chi connectivity index (χ4n) is 3.99. The maximum Gasteiger partial charge on any atom is 0.160 e. The molecular weight excluding hydrogens is 354 g/mol. The van der Waals surface area contributed by atoms with Crippen LogP contribution in [0.5, 0.6) is 0 Å². The van der Waals surface area contributed by atoms with E-state index < -0.39 is 6.10 Å². The van der Waals surface area contributed by atoms with Crippen molar-refractivity contribution in [3.8, 4) is 11.5 Å². The molecule has 0 unspecified atom stereocenters. The van der Waals surface area contributed by atoms with E-state index in [1.54, 1.807) is 10.7 Å². The number of nitrogens with one attached hydrogen (secondary N) is 1. The molecule has 0 aliphatic carbocycles. The number of fused-ring (bicyclic) bond motifs is 1. The number of aliphatic hydroxyl groups excluding tert-OH is 1. The van der Waals surface area contributed by atoms with Crippen LogP contribution in [-0.2, 0) is 7.05 Å². The molecule has 0 amide bonds. The van der Waals surface area contributed by atoms with Gasteiger partial charge < -0.3 is 19.9 Å². The predicted octanol–water partition coefficient (Wildman–Crippen LogP) is 1.94. The summed E-state index contributed by atoms with van der Waals surface area (Å²) < 4.78 is 3.72. The van der Waals surface area contributed by atoms with Gasteiger partial charge in [-0.1, -0.05) is 6.92 Å². The fourth-order valence-corrected chi connectivity index (χ4v) is 3.99. The highest BCUT2D eigenvalue weighted by Crippen LogP contribution is 2.20. The van der Waals surface area contributed by atoms with Gasteiger partial charge in [0, 0.05) is 56.9 Å². The molecule has 0 radical (unpaired) electrons. The zero-order valence-corrected chi connectivity index (χ0v) is 16.8. The van der Waals surface area contributed by atoms with E-state index in [9.17, 15) is 5.11 Å². The Bertz CT molecular complexity index is 947. The molecule has 0 aromatic carbocycles. The molecule has 8 nitrogen and oxygen atoms in total. The highest BCUT2D eigenvalue weighted by atomic mass is 16.3. The summed E-state index contributed by atoms with van der Waals surface area (Å²) >= 11 is 0. The summed E-state index contributed by atoms with van der Waals surface area (Å²) in [5, 5.41) is 18.6. The third kappa shape index (κ3) is 4.02. The molecular formula is C20H29N7O.